The van der Waals surface area contributed by atoms with Crippen molar-refractivity contribution >= 4 is 0 Å². The van der Waals surface area contributed by atoms with Crippen LogP contribution in [0.3, 0.4) is 0 Å². The van der Waals surface area contributed by atoms with Crippen molar-refractivity contribution in [2.75, 3.05) is 19.7 Å². The van der Waals surface area contributed by atoms with Gasteiger partial charge < -0.3 is 14.0 Å². The van der Waals surface area contributed by atoms with E-state index in [0.717, 1.165) is 45.5 Å². The summed E-state index contributed by atoms with van der Waals surface area (Å²) in [4.78, 5) is 6.71. The first-order chi connectivity index (χ1) is 12.2. The maximum atomic E-state index is 6.22. The minimum atomic E-state index is 0.0321. The fraction of sp³-hybridized carbons (Fsp3) is 0.550. The Labute approximate surface area is 149 Å². The Hall–Kier alpha value is -1.69. The third-order valence-electron chi connectivity index (χ3n) is 5.57. The molecule has 2 fully saturated rings. The van der Waals surface area contributed by atoms with Gasteiger partial charge in [0.1, 0.15) is 0 Å². The zero-order valence-corrected chi connectivity index (χ0v) is 14.9. The molecule has 0 aliphatic carbocycles. The SMILES string of the molecule is Cn1cncc1CN1CCC2(CC1)CC(OCc1ccccc1)CO2. The Kier molecular flexibility index (Phi) is 4.88. The summed E-state index contributed by atoms with van der Waals surface area (Å²) in [5.74, 6) is 0. The van der Waals surface area contributed by atoms with Crippen molar-refractivity contribution in [1.82, 2.24) is 14.5 Å². The molecule has 1 atom stereocenters. The van der Waals surface area contributed by atoms with Crippen molar-refractivity contribution in [3.8, 4) is 0 Å². The molecule has 2 aliphatic rings. The lowest BCUT2D eigenvalue weighted by Gasteiger charge is -2.38. The number of aromatic nitrogens is 2. The third kappa shape index (κ3) is 3.94. The van der Waals surface area contributed by atoms with E-state index in [9.17, 15) is 0 Å². The van der Waals surface area contributed by atoms with Crippen LogP contribution in [0.2, 0.25) is 0 Å². The average Bonchev–Trinajstić information content (AvgIpc) is 3.23. The molecule has 2 saturated heterocycles. The van der Waals surface area contributed by atoms with Crippen molar-refractivity contribution in [2.45, 2.75) is 44.1 Å². The molecule has 0 amide bonds. The number of imidazole rings is 1. The standard InChI is InChI=1S/C20H27N3O2/c1-22-16-21-12-18(22)13-23-9-7-20(8-10-23)11-19(15-25-20)24-14-17-5-3-2-4-6-17/h2-6,12,16,19H,7-11,13-15H2,1H3. The minimum Gasteiger partial charge on any atom is -0.372 e. The summed E-state index contributed by atoms with van der Waals surface area (Å²) in [6, 6.07) is 10.4. The van der Waals surface area contributed by atoms with Gasteiger partial charge in [-0.25, -0.2) is 4.98 Å². The third-order valence-corrected chi connectivity index (χ3v) is 5.57. The Balaban J connectivity index is 1.25. The highest BCUT2D eigenvalue weighted by Gasteiger charge is 2.43. The molecule has 0 radical (unpaired) electrons. The van der Waals surface area contributed by atoms with Gasteiger partial charge in [0, 0.05) is 39.3 Å². The van der Waals surface area contributed by atoms with Crippen molar-refractivity contribution in [3.05, 3.63) is 54.1 Å². The van der Waals surface area contributed by atoms with Crippen LogP contribution in [-0.4, -0.2) is 45.9 Å². The number of nitrogens with zero attached hydrogens (tertiary/aromatic N) is 3. The fourth-order valence-electron chi connectivity index (χ4n) is 3.93. The Morgan fingerprint density at radius 1 is 1.24 bits per heavy atom. The van der Waals surface area contributed by atoms with Crippen LogP contribution in [0, 0.1) is 0 Å². The monoisotopic (exact) mass is 341 g/mol. The molecule has 3 heterocycles. The van der Waals surface area contributed by atoms with E-state index in [0.29, 0.717) is 6.61 Å². The second-order valence-corrected chi connectivity index (χ2v) is 7.39. The van der Waals surface area contributed by atoms with E-state index in [2.05, 4.69) is 45.8 Å². The summed E-state index contributed by atoms with van der Waals surface area (Å²) in [5, 5.41) is 0. The molecule has 5 nitrogen and oxygen atoms in total. The second kappa shape index (κ2) is 7.28. The number of likely N-dealkylation sites (tertiary alicyclic amines) is 1. The van der Waals surface area contributed by atoms with Crippen LogP contribution in [0.4, 0.5) is 0 Å². The highest BCUT2D eigenvalue weighted by atomic mass is 16.6. The van der Waals surface area contributed by atoms with Crippen molar-refractivity contribution in [3.63, 3.8) is 0 Å². The second-order valence-electron chi connectivity index (χ2n) is 7.39. The molecule has 0 saturated carbocycles. The van der Waals surface area contributed by atoms with Gasteiger partial charge in [-0.3, -0.25) is 4.90 Å². The fourth-order valence-corrected chi connectivity index (χ4v) is 3.93. The first-order valence-electron chi connectivity index (χ1n) is 9.19. The molecular weight excluding hydrogens is 314 g/mol. The summed E-state index contributed by atoms with van der Waals surface area (Å²) in [5.41, 5.74) is 2.53. The zero-order valence-electron chi connectivity index (χ0n) is 14.9. The van der Waals surface area contributed by atoms with E-state index in [1.54, 1.807) is 0 Å². The van der Waals surface area contributed by atoms with Gasteiger partial charge in [-0.1, -0.05) is 30.3 Å². The Morgan fingerprint density at radius 2 is 2.04 bits per heavy atom. The molecule has 2 aromatic rings. The van der Waals surface area contributed by atoms with Gasteiger partial charge in [0.15, 0.2) is 0 Å². The largest absolute Gasteiger partial charge is 0.372 e. The molecule has 1 aromatic heterocycles. The van der Waals surface area contributed by atoms with E-state index in [-0.39, 0.29) is 11.7 Å². The van der Waals surface area contributed by atoms with Crippen molar-refractivity contribution < 1.29 is 9.47 Å². The number of ether oxygens (including phenoxy) is 2. The lowest BCUT2D eigenvalue weighted by molar-refractivity contribution is -0.0471. The molecule has 1 aromatic carbocycles. The number of piperidine rings is 1. The van der Waals surface area contributed by atoms with Gasteiger partial charge in [-0.2, -0.15) is 0 Å². The highest BCUT2D eigenvalue weighted by molar-refractivity contribution is 5.13. The molecule has 134 valence electrons. The molecule has 1 spiro atoms. The predicted molar refractivity (Wildman–Crippen MR) is 96.0 cm³/mol. The zero-order chi connectivity index (χ0) is 17.1. The van der Waals surface area contributed by atoms with Crippen LogP contribution in [0.25, 0.3) is 0 Å². The minimum absolute atomic E-state index is 0.0321. The van der Waals surface area contributed by atoms with Crippen LogP contribution in [0.5, 0.6) is 0 Å². The van der Waals surface area contributed by atoms with Gasteiger partial charge in [0.05, 0.1) is 36.9 Å². The maximum Gasteiger partial charge on any atom is 0.0945 e. The Bertz CT molecular complexity index is 677. The normalized spacial score (nSPS) is 23.3. The molecule has 2 aliphatic heterocycles. The van der Waals surface area contributed by atoms with Crippen LogP contribution in [0.15, 0.2) is 42.9 Å². The number of aryl methyl sites for hydroxylation is 1. The van der Waals surface area contributed by atoms with E-state index in [1.165, 1.54) is 11.3 Å². The number of benzene rings is 1. The molecule has 0 bridgehead atoms. The molecule has 1 unspecified atom stereocenters. The van der Waals surface area contributed by atoms with E-state index >= 15 is 0 Å². The van der Waals surface area contributed by atoms with Crippen LogP contribution < -0.4 is 0 Å². The molecular formula is C20H27N3O2. The summed E-state index contributed by atoms with van der Waals surface area (Å²) < 4.78 is 14.4. The highest BCUT2D eigenvalue weighted by Crippen LogP contribution is 2.37. The van der Waals surface area contributed by atoms with E-state index in [4.69, 9.17) is 9.47 Å². The van der Waals surface area contributed by atoms with Crippen molar-refractivity contribution in [1.29, 1.82) is 0 Å². The molecule has 0 N–H and O–H groups in total. The maximum absolute atomic E-state index is 6.22. The van der Waals surface area contributed by atoms with Gasteiger partial charge >= 0.3 is 0 Å². The molecule has 5 heteroatoms. The topological polar surface area (TPSA) is 39.5 Å². The first-order valence-corrected chi connectivity index (χ1v) is 9.19. The van der Waals surface area contributed by atoms with Crippen LogP contribution >= 0.6 is 0 Å². The quantitative estimate of drug-likeness (QED) is 0.838. The molecule has 4 rings (SSSR count). The summed E-state index contributed by atoms with van der Waals surface area (Å²) >= 11 is 0. The Morgan fingerprint density at radius 3 is 2.76 bits per heavy atom. The first kappa shape index (κ1) is 16.8. The van der Waals surface area contributed by atoms with Gasteiger partial charge in [0.2, 0.25) is 0 Å². The van der Waals surface area contributed by atoms with Gasteiger partial charge in [0.25, 0.3) is 0 Å². The van der Waals surface area contributed by atoms with E-state index < -0.39 is 0 Å². The molecule has 25 heavy (non-hydrogen) atoms. The van der Waals surface area contributed by atoms with E-state index in [1.807, 2.05) is 18.6 Å². The lowest BCUT2D eigenvalue weighted by atomic mass is 9.88. The summed E-state index contributed by atoms with van der Waals surface area (Å²) in [7, 11) is 2.06. The summed E-state index contributed by atoms with van der Waals surface area (Å²) in [6.45, 7) is 4.54. The number of hydrogen-bond donors (Lipinski definition) is 0. The smallest absolute Gasteiger partial charge is 0.0945 e. The lowest BCUT2D eigenvalue weighted by Crippen LogP contribution is -2.44. The van der Waals surface area contributed by atoms with Gasteiger partial charge in [-0.15, -0.1) is 0 Å². The number of hydrogen-bond acceptors (Lipinski definition) is 4. The number of rotatable bonds is 5. The summed E-state index contributed by atoms with van der Waals surface area (Å²) in [6.07, 6.45) is 7.27. The van der Waals surface area contributed by atoms with Gasteiger partial charge in [-0.05, 0) is 18.4 Å². The van der Waals surface area contributed by atoms with Crippen molar-refractivity contribution in [2.24, 2.45) is 7.05 Å². The predicted octanol–water partition coefficient (Wildman–Crippen LogP) is 2.76. The average molecular weight is 341 g/mol. The van der Waals surface area contributed by atoms with Crippen LogP contribution in [-0.2, 0) is 29.7 Å². The van der Waals surface area contributed by atoms with Crippen LogP contribution in [0.1, 0.15) is 30.5 Å².